The largest absolute Gasteiger partial charge is 0.375 e. The van der Waals surface area contributed by atoms with Crippen LogP contribution in [0.5, 0.6) is 0 Å². The molecule has 0 saturated heterocycles. The van der Waals surface area contributed by atoms with Crippen LogP contribution in [-0.2, 0) is 17.6 Å². The first-order chi connectivity index (χ1) is 12.4. The average Bonchev–Trinajstić information content (AvgIpc) is 3.16. The van der Waals surface area contributed by atoms with E-state index in [4.69, 9.17) is 4.74 Å². The molecule has 3 saturated carbocycles. The minimum Gasteiger partial charge on any atom is -0.375 e. The summed E-state index contributed by atoms with van der Waals surface area (Å²) < 4.78 is 6.42. The Hall–Kier alpha value is -0.830. The summed E-state index contributed by atoms with van der Waals surface area (Å²) in [7, 11) is 0. The molecular formula is C23H40N2O. The average molecular weight is 361 g/mol. The molecule has 3 heteroatoms. The van der Waals surface area contributed by atoms with Gasteiger partial charge in [-0.1, -0.05) is 13.8 Å². The molecule has 1 unspecified atom stereocenters. The molecule has 1 aromatic heterocycles. The molecule has 3 fully saturated rings. The standard InChI is InChI=1S/C23H36N2O.2H2/c1-14(2)26-21-8-7-18-17-6-5-16-11-20-15(13-24-25-20)12-23(16,4)19(17)9-10-22(18,21)3;;/h13-14,16-19,21H,5-12H2,1-4H3,(H,24,25);2*1H/t16-,17?,18-,19-,21-,22-,23-;;/m0../s1. The van der Waals surface area contributed by atoms with Crippen LogP contribution in [0.2, 0.25) is 0 Å². The van der Waals surface area contributed by atoms with Crippen LogP contribution >= 0.6 is 0 Å². The van der Waals surface area contributed by atoms with Crippen molar-refractivity contribution in [2.24, 2.45) is 34.5 Å². The molecule has 26 heavy (non-hydrogen) atoms. The van der Waals surface area contributed by atoms with Gasteiger partial charge in [0, 0.05) is 8.55 Å². The predicted octanol–water partition coefficient (Wildman–Crippen LogP) is 5.65. The highest BCUT2D eigenvalue weighted by Gasteiger charge is 2.60. The van der Waals surface area contributed by atoms with Crippen LogP contribution in [0.15, 0.2) is 6.20 Å². The first-order valence-electron chi connectivity index (χ1n) is 11.1. The summed E-state index contributed by atoms with van der Waals surface area (Å²) in [6, 6.07) is 0. The molecule has 0 aromatic carbocycles. The molecule has 0 radical (unpaired) electrons. The van der Waals surface area contributed by atoms with Crippen molar-refractivity contribution in [3.8, 4) is 0 Å². The molecule has 0 amide bonds. The maximum atomic E-state index is 6.42. The van der Waals surface area contributed by atoms with Gasteiger partial charge in [0.05, 0.1) is 18.4 Å². The van der Waals surface area contributed by atoms with Gasteiger partial charge < -0.3 is 4.74 Å². The number of hydrogen-bond donors (Lipinski definition) is 1. The molecule has 0 spiro atoms. The Kier molecular flexibility index (Phi) is 3.88. The number of aromatic nitrogens is 2. The van der Waals surface area contributed by atoms with E-state index in [0.29, 0.717) is 23.0 Å². The second-order valence-corrected chi connectivity index (χ2v) is 10.7. The van der Waals surface area contributed by atoms with Gasteiger partial charge >= 0.3 is 0 Å². The van der Waals surface area contributed by atoms with Gasteiger partial charge in [0.1, 0.15) is 0 Å². The van der Waals surface area contributed by atoms with E-state index >= 15 is 0 Å². The topological polar surface area (TPSA) is 37.9 Å². The van der Waals surface area contributed by atoms with Gasteiger partial charge in [0.15, 0.2) is 0 Å². The third kappa shape index (κ3) is 2.31. The van der Waals surface area contributed by atoms with Crippen molar-refractivity contribution in [1.29, 1.82) is 0 Å². The minimum atomic E-state index is 0. The number of fused-ring (bicyclic) bond motifs is 6. The van der Waals surface area contributed by atoms with E-state index < -0.39 is 0 Å². The third-order valence-corrected chi connectivity index (χ3v) is 9.24. The summed E-state index contributed by atoms with van der Waals surface area (Å²) in [6.45, 7) is 9.61. The quantitative estimate of drug-likeness (QED) is 0.739. The summed E-state index contributed by atoms with van der Waals surface area (Å²) in [5.74, 6) is 3.56. The summed E-state index contributed by atoms with van der Waals surface area (Å²) in [6.07, 6.45) is 13.8. The Morgan fingerprint density at radius 2 is 1.92 bits per heavy atom. The Morgan fingerprint density at radius 3 is 2.73 bits per heavy atom. The summed E-state index contributed by atoms with van der Waals surface area (Å²) in [4.78, 5) is 0. The molecule has 148 valence electrons. The smallest absolute Gasteiger partial charge is 0.0635 e. The summed E-state index contributed by atoms with van der Waals surface area (Å²) in [5, 5.41) is 7.64. The van der Waals surface area contributed by atoms with E-state index in [0.717, 1.165) is 23.7 Å². The Morgan fingerprint density at radius 1 is 1.12 bits per heavy atom. The fourth-order valence-electron chi connectivity index (χ4n) is 7.97. The zero-order valence-electron chi connectivity index (χ0n) is 17.1. The Bertz CT molecular complexity index is 692. The van der Waals surface area contributed by atoms with Crippen LogP contribution in [0.25, 0.3) is 0 Å². The number of nitrogens with zero attached hydrogens (tertiary/aromatic N) is 1. The molecule has 4 aliphatic rings. The second kappa shape index (κ2) is 5.83. The van der Waals surface area contributed by atoms with Crippen LogP contribution in [0, 0.1) is 34.5 Å². The SMILES string of the molecule is CC(C)O[C@H]1CC[C@H]2C3CC[C@H]4Cc5[nH]ncc5C[C@]4(C)[C@H]3CC[C@]12C.[HH].[HH]. The Labute approximate surface area is 161 Å². The number of hydrogen-bond acceptors (Lipinski definition) is 2. The molecule has 5 rings (SSSR count). The fourth-order valence-corrected chi connectivity index (χ4v) is 7.97. The molecule has 3 nitrogen and oxygen atoms in total. The third-order valence-electron chi connectivity index (χ3n) is 9.24. The predicted molar refractivity (Wildman–Crippen MR) is 108 cm³/mol. The lowest BCUT2D eigenvalue weighted by atomic mass is 9.45. The van der Waals surface area contributed by atoms with E-state index in [-0.39, 0.29) is 2.85 Å². The molecule has 1 N–H and O–H groups in total. The monoisotopic (exact) mass is 360 g/mol. The molecule has 7 atom stereocenters. The van der Waals surface area contributed by atoms with E-state index in [9.17, 15) is 0 Å². The van der Waals surface area contributed by atoms with Crippen LogP contribution in [0.1, 0.15) is 80.3 Å². The lowest BCUT2D eigenvalue weighted by Gasteiger charge is -2.60. The van der Waals surface area contributed by atoms with Crippen LogP contribution in [-0.4, -0.2) is 22.4 Å². The minimum absolute atomic E-state index is 0. The van der Waals surface area contributed by atoms with Crippen molar-refractivity contribution in [3.05, 3.63) is 17.5 Å². The van der Waals surface area contributed by atoms with Gasteiger partial charge in [-0.15, -0.1) is 0 Å². The van der Waals surface area contributed by atoms with Crippen molar-refractivity contribution in [1.82, 2.24) is 10.2 Å². The van der Waals surface area contributed by atoms with Crippen molar-refractivity contribution in [2.45, 2.75) is 91.3 Å². The number of ether oxygens (including phenoxy) is 1. The van der Waals surface area contributed by atoms with Gasteiger partial charge in [0.2, 0.25) is 0 Å². The van der Waals surface area contributed by atoms with Crippen molar-refractivity contribution < 1.29 is 7.59 Å². The molecule has 1 heterocycles. The molecular weight excluding hydrogens is 320 g/mol. The van der Waals surface area contributed by atoms with Crippen molar-refractivity contribution in [3.63, 3.8) is 0 Å². The zero-order valence-corrected chi connectivity index (χ0v) is 17.1. The lowest BCUT2D eigenvalue weighted by molar-refractivity contribution is -0.131. The molecule has 0 aliphatic heterocycles. The fraction of sp³-hybridized carbons (Fsp3) is 0.870. The number of nitrogens with one attached hydrogen (secondary N) is 1. The van der Waals surface area contributed by atoms with Gasteiger partial charge in [-0.05, 0) is 105 Å². The first-order valence-corrected chi connectivity index (χ1v) is 11.1. The van der Waals surface area contributed by atoms with Crippen molar-refractivity contribution >= 4 is 0 Å². The van der Waals surface area contributed by atoms with E-state index in [1.54, 1.807) is 0 Å². The highest BCUT2D eigenvalue weighted by Crippen LogP contribution is 2.65. The second-order valence-electron chi connectivity index (χ2n) is 10.7. The van der Waals surface area contributed by atoms with Gasteiger partial charge in [-0.2, -0.15) is 5.10 Å². The summed E-state index contributed by atoms with van der Waals surface area (Å²) >= 11 is 0. The van der Waals surface area contributed by atoms with E-state index in [1.807, 2.05) is 0 Å². The number of H-pyrrole nitrogens is 1. The maximum Gasteiger partial charge on any atom is 0.0635 e. The zero-order chi connectivity index (χ0) is 18.1. The highest BCUT2D eigenvalue weighted by molar-refractivity contribution is 5.25. The lowest BCUT2D eigenvalue weighted by Crippen LogP contribution is -2.55. The van der Waals surface area contributed by atoms with Gasteiger partial charge in [0.25, 0.3) is 0 Å². The van der Waals surface area contributed by atoms with E-state index in [1.165, 1.54) is 62.6 Å². The number of aromatic amines is 1. The van der Waals surface area contributed by atoms with Crippen LogP contribution in [0.3, 0.4) is 0 Å². The maximum absolute atomic E-state index is 6.42. The normalized spacial score (nSPS) is 47.2. The molecule has 1 aromatic rings. The van der Waals surface area contributed by atoms with Crippen LogP contribution < -0.4 is 0 Å². The van der Waals surface area contributed by atoms with Crippen molar-refractivity contribution in [2.75, 3.05) is 0 Å². The summed E-state index contributed by atoms with van der Waals surface area (Å²) in [5.41, 5.74) is 3.84. The molecule has 4 aliphatic carbocycles. The van der Waals surface area contributed by atoms with Gasteiger partial charge in [-0.3, -0.25) is 5.10 Å². The molecule has 0 bridgehead atoms. The van der Waals surface area contributed by atoms with Gasteiger partial charge in [-0.25, -0.2) is 0 Å². The van der Waals surface area contributed by atoms with E-state index in [2.05, 4.69) is 44.1 Å². The number of rotatable bonds is 2. The van der Waals surface area contributed by atoms with Crippen LogP contribution in [0.4, 0.5) is 0 Å². The first kappa shape index (κ1) is 17.3. The Balaban J connectivity index is 0.00000112. The highest BCUT2D eigenvalue weighted by atomic mass is 16.5.